The molecule has 1 unspecified atom stereocenters. The lowest BCUT2D eigenvalue weighted by Gasteiger charge is -2.42. The molecule has 1 aromatic rings. The number of halogens is 1. The van der Waals surface area contributed by atoms with Crippen LogP contribution in [0.15, 0.2) is 24.3 Å². The summed E-state index contributed by atoms with van der Waals surface area (Å²) in [5.41, 5.74) is 1.18. The molecule has 19 heavy (non-hydrogen) atoms. The smallest absolute Gasteiger partial charge is 0.237 e. The maximum Gasteiger partial charge on any atom is 0.237 e. The first-order valence-corrected chi connectivity index (χ1v) is 7.30. The van der Waals surface area contributed by atoms with E-state index in [4.69, 9.17) is 11.6 Å². The Morgan fingerprint density at radius 2 is 1.95 bits per heavy atom. The summed E-state index contributed by atoms with van der Waals surface area (Å²) in [6, 6.07) is 8.05. The van der Waals surface area contributed by atoms with Gasteiger partial charge in [-0.3, -0.25) is 9.69 Å². The third kappa shape index (κ3) is 3.28. The lowest BCUT2D eigenvalue weighted by Crippen LogP contribution is -2.49. The van der Waals surface area contributed by atoms with Gasteiger partial charge in [-0.15, -0.1) is 0 Å². The maximum atomic E-state index is 12.3. The Kier molecular flexibility index (Phi) is 4.83. The molecule has 1 saturated heterocycles. The van der Waals surface area contributed by atoms with E-state index >= 15 is 0 Å². The van der Waals surface area contributed by atoms with Crippen LogP contribution in [0, 0.1) is 0 Å². The molecule has 0 spiro atoms. The molecule has 1 fully saturated rings. The number of rotatable bonds is 5. The predicted molar refractivity (Wildman–Crippen MR) is 78.3 cm³/mol. The van der Waals surface area contributed by atoms with Crippen LogP contribution in [0.1, 0.15) is 31.9 Å². The molecule has 0 aliphatic carbocycles. The Labute approximate surface area is 120 Å². The van der Waals surface area contributed by atoms with Crippen molar-refractivity contribution in [3.63, 3.8) is 0 Å². The van der Waals surface area contributed by atoms with Gasteiger partial charge in [0.1, 0.15) is 0 Å². The number of hydrogen-bond donors (Lipinski definition) is 0. The number of likely N-dealkylation sites (tertiary alicyclic amines) is 1. The van der Waals surface area contributed by atoms with Crippen molar-refractivity contribution < 1.29 is 4.79 Å². The van der Waals surface area contributed by atoms with E-state index in [0.717, 1.165) is 31.1 Å². The van der Waals surface area contributed by atoms with Crippen molar-refractivity contribution in [3.05, 3.63) is 34.9 Å². The van der Waals surface area contributed by atoms with Crippen LogP contribution in [-0.4, -0.2) is 41.9 Å². The van der Waals surface area contributed by atoms with Crippen LogP contribution >= 0.6 is 11.6 Å². The second-order valence-electron chi connectivity index (χ2n) is 4.90. The molecule has 1 aliphatic heterocycles. The largest absolute Gasteiger partial charge is 0.334 e. The van der Waals surface area contributed by atoms with Gasteiger partial charge in [0, 0.05) is 11.6 Å². The zero-order chi connectivity index (χ0) is 13.8. The molecule has 104 valence electrons. The maximum absolute atomic E-state index is 12.3. The number of likely N-dealkylation sites (N-methyl/N-ethyl adjacent to an activating group) is 1. The number of amides is 1. The molecule has 3 nitrogen and oxygen atoms in total. The van der Waals surface area contributed by atoms with Crippen molar-refractivity contribution in [3.8, 4) is 0 Å². The summed E-state index contributed by atoms with van der Waals surface area (Å²) in [5, 5.41) is 0.740. The molecule has 4 heteroatoms. The highest BCUT2D eigenvalue weighted by Gasteiger charge is 2.33. The normalized spacial score (nSPS) is 18.5. The topological polar surface area (TPSA) is 23.6 Å². The van der Waals surface area contributed by atoms with Crippen molar-refractivity contribution in [2.75, 3.05) is 26.2 Å². The molecule has 1 aromatic carbocycles. The van der Waals surface area contributed by atoms with E-state index in [1.807, 2.05) is 29.2 Å². The van der Waals surface area contributed by atoms with Crippen molar-refractivity contribution in [2.24, 2.45) is 0 Å². The lowest BCUT2D eigenvalue weighted by atomic mass is 9.94. The van der Waals surface area contributed by atoms with E-state index in [0.29, 0.717) is 6.54 Å². The number of hydrogen-bond acceptors (Lipinski definition) is 2. The fourth-order valence-corrected chi connectivity index (χ4v) is 2.57. The second kappa shape index (κ2) is 6.40. The second-order valence-corrected chi connectivity index (χ2v) is 5.34. The molecule has 1 atom stereocenters. The predicted octanol–water partition coefficient (Wildman–Crippen LogP) is 2.96. The summed E-state index contributed by atoms with van der Waals surface area (Å²) in [5.74, 6) is 0.231. The number of carbonyl (C=O) groups excluding carboxylic acids is 1. The Morgan fingerprint density at radius 1 is 1.32 bits per heavy atom. The fraction of sp³-hybridized carbons (Fsp3) is 0.533. The summed E-state index contributed by atoms with van der Waals surface area (Å²) in [6.45, 7) is 7.40. The van der Waals surface area contributed by atoms with Crippen molar-refractivity contribution in [1.82, 2.24) is 9.80 Å². The van der Waals surface area contributed by atoms with E-state index in [2.05, 4.69) is 18.7 Å². The highest BCUT2D eigenvalue weighted by atomic mass is 35.5. The molecular weight excluding hydrogens is 260 g/mol. The first kappa shape index (κ1) is 14.4. The van der Waals surface area contributed by atoms with Gasteiger partial charge in [0.15, 0.2) is 0 Å². The van der Waals surface area contributed by atoms with E-state index in [1.165, 1.54) is 5.56 Å². The van der Waals surface area contributed by atoms with Crippen LogP contribution in [0.25, 0.3) is 0 Å². The highest BCUT2D eigenvalue weighted by Crippen LogP contribution is 2.33. The minimum Gasteiger partial charge on any atom is -0.334 e. The third-order valence-corrected chi connectivity index (χ3v) is 4.10. The molecule has 2 rings (SSSR count). The number of nitrogens with zero attached hydrogens (tertiary/aromatic N) is 2. The van der Waals surface area contributed by atoms with Crippen LogP contribution in [0.5, 0.6) is 0 Å². The fourth-order valence-electron chi connectivity index (χ4n) is 2.45. The number of benzene rings is 1. The van der Waals surface area contributed by atoms with E-state index in [-0.39, 0.29) is 11.9 Å². The van der Waals surface area contributed by atoms with Crippen LogP contribution < -0.4 is 0 Å². The monoisotopic (exact) mass is 280 g/mol. The van der Waals surface area contributed by atoms with Gasteiger partial charge in [0.25, 0.3) is 0 Å². The minimum absolute atomic E-state index is 0.231. The third-order valence-electron chi connectivity index (χ3n) is 3.85. The van der Waals surface area contributed by atoms with Gasteiger partial charge >= 0.3 is 0 Å². The van der Waals surface area contributed by atoms with Crippen molar-refractivity contribution in [2.45, 2.75) is 26.3 Å². The first-order valence-electron chi connectivity index (χ1n) is 6.93. The molecule has 0 N–H and O–H groups in total. The summed E-state index contributed by atoms with van der Waals surface area (Å²) < 4.78 is 0. The Balaban J connectivity index is 1.98. The summed E-state index contributed by atoms with van der Waals surface area (Å²) >= 11 is 5.90. The van der Waals surface area contributed by atoms with E-state index in [1.54, 1.807) is 0 Å². The standard InChI is InChI=1S/C15H21ClN2O/c1-3-17(4-2)11-15(19)18-10-9-14(18)12-5-7-13(16)8-6-12/h5-8,14H,3-4,9-11H2,1-2H3. The van der Waals surface area contributed by atoms with Crippen LogP contribution in [0.3, 0.4) is 0 Å². The van der Waals surface area contributed by atoms with Gasteiger partial charge in [-0.25, -0.2) is 0 Å². The van der Waals surface area contributed by atoms with Gasteiger partial charge < -0.3 is 4.90 Å². The van der Waals surface area contributed by atoms with Crippen molar-refractivity contribution in [1.29, 1.82) is 0 Å². The lowest BCUT2D eigenvalue weighted by molar-refractivity contribution is -0.140. The molecule has 0 saturated carbocycles. The van der Waals surface area contributed by atoms with Crippen molar-refractivity contribution >= 4 is 17.5 Å². The Morgan fingerprint density at radius 3 is 2.42 bits per heavy atom. The van der Waals surface area contributed by atoms with E-state index in [9.17, 15) is 4.79 Å². The van der Waals surface area contributed by atoms with Gasteiger partial charge in [-0.2, -0.15) is 0 Å². The average molecular weight is 281 g/mol. The van der Waals surface area contributed by atoms with Crippen LogP contribution in [0.2, 0.25) is 5.02 Å². The molecule has 0 radical (unpaired) electrons. The molecule has 1 amide bonds. The van der Waals surface area contributed by atoms with Gasteiger partial charge in [-0.05, 0) is 37.2 Å². The number of carbonyl (C=O) groups is 1. The molecule has 0 bridgehead atoms. The highest BCUT2D eigenvalue weighted by molar-refractivity contribution is 6.30. The Hall–Kier alpha value is -1.06. The quantitative estimate of drug-likeness (QED) is 0.828. The average Bonchev–Trinajstić information content (AvgIpc) is 2.37. The minimum atomic E-state index is 0.231. The van der Waals surface area contributed by atoms with Gasteiger partial charge in [0.2, 0.25) is 5.91 Å². The molecule has 1 aliphatic rings. The van der Waals surface area contributed by atoms with Crippen LogP contribution in [0.4, 0.5) is 0 Å². The van der Waals surface area contributed by atoms with Crippen LogP contribution in [-0.2, 0) is 4.79 Å². The van der Waals surface area contributed by atoms with E-state index < -0.39 is 0 Å². The van der Waals surface area contributed by atoms with Gasteiger partial charge in [0.05, 0.1) is 12.6 Å². The molecular formula is C15H21ClN2O. The SMILES string of the molecule is CCN(CC)CC(=O)N1CCC1c1ccc(Cl)cc1. The summed E-state index contributed by atoms with van der Waals surface area (Å²) in [4.78, 5) is 16.4. The molecule has 1 heterocycles. The zero-order valence-corrected chi connectivity index (χ0v) is 12.4. The van der Waals surface area contributed by atoms with Gasteiger partial charge in [-0.1, -0.05) is 37.6 Å². The zero-order valence-electron chi connectivity index (χ0n) is 11.6. The molecule has 0 aromatic heterocycles. The summed E-state index contributed by atoms with van der Waals surface area (Å²) in [7, 11) is 0. The summed E-state index contributed by atoms with van der Waals surface area (Å²) in [6.07, 6.45) is 1.05. The first-order chi connectivity index (χ1) is 9.15. The Bertz CT molecular complexity index is 428.